The van der Waals surface area contributed by atoms with E-state index in [2.05, 4.69) is 297 Å². The van der Waals surface area contributed by atoms with Gasteiger partial charge in [-0.3, -0.25) is 0 Å². The predicted octanol–water partition coefficient (Wildman–Crippen LogP) is 19.4. The molecule has 3 aliphatic rings. The second kappa shape index (κ2) is 16.5. The quantitative estimate of drug-likeness (QED) is 0.147. The lowest BCUT2D eigenvalue weighted by molar-refractivity contribution is 0.125. The van der Waals surface area contributed by atoms with Crippen LogP contribution in [0.3, 0.4) is 0 Å². The van der Waals surface area contributed by atoms with Crippen LogP contribution in [0.1, 0.15) is 99.9 Å². The maximum Gasteiger partial charge on any atom is 0.0714 e. The number of hydrogen-bond donors (Lipinski definition) is 0. The number of benzene rings is 10. The first-order chi connectivity index (χ1) is 35.7. The van der Waals surface area contributed by atoms with Crippen molar-refractivity contribution in [2.45, 2.75) is 77.0 Å². The molecule has 0 radical (unpaired) electrons. The zero-order valence-electron chi connectivity index (χ0n) is 44.0. The lowest BCUT2D eigenvalue weighted by Crippen LogP contribution is -2.42. The van der Waals surface area contributed by atoms with Crippen molar-refractivity contribution in [3.05, 3.63) is 281 Å². The third kappa shape index (κ3) is 6.48. The first kappa shape index (κ1) is 45.8. The van der Waals surface area contributed by atoms with Gasteiger partial charge in [0.2, 0.25) is 0 Å². The first-order valence-electron chi connectivity index (χ1n) is 26.6. The molecule has 0 bridgehead atoms. The number of fused-ring (bicyclic) bond motifs is 7. The van der Waals surface area contributed by atoms with Crippen LogP contribution in [0, 0.1) is 5.41 Å². The molecule has 0 heterocycles. The Labute approximate surface area is 438 Å². The van der Waals surface area contributed by atoms with Gasteiger partial charge in [-0.15, -0.1) is 0 Å². The van der Waals surface area contributed by atoms with E-state index in [9.17, 15) is 0 Å². The third-order valence-electron chi connectivity index (χ3n) is 18.9. The van der Waals surface area contributed by atoms with Gasteiger partial charge in [-0.25, -0.2) is 0 Å². The molecule has 0 aromatic heterocycles. The second-order valence-electron chi connectivity index (χ2n) is 23.3. The topological polar surface area (TPSA) is 3.24 Å². The Morgan fingerprint density at radius 1 is 0.270 bits per heavy atom. The van der Waals surface area contributed by atoms with Crippen molar-refractivity contribution < 1.29 is 0 Å². The molecule has 0 saturated heterocycles. The molecule has 0 aliphatic heterocycles. The summed E-state index contributed by atoms with van der Waals surface area (Å²) in [5.41, 5.74) is 25.8. The number of anilines is 3. The van der Waals surface area contributed by atoms with Gasteiger partial charge in [0.1, 0.15) is 0 Å². The summed E-state index contributed by atoms with van der Waals surface area (Å²) in [4.78, 5) is 2.53. The van der Waals surface area contributed by atoms with E-state index in [0.29, 0.717) is 0 Å². The Kier molecular flexibility index (Phi) is 10.2. The molecule has 13 rings (SSSR count). The van der Waals surface area contributed by atoms with Crippen LogP contribution in [-0.2, 0) is 21.7 Å². The molecule has 1 nitrogen and oxygen atoms in total. The minimum Gasteiger partial charge on any atom is -0.310 e. The minimum atomic E-state index is -0.580. The van der Waals surface area contributed by atoms with E-state index in [1.165, 1.54) is 100 Å². The summed E-state index contributed by atoms with van der Waals surface area (Å²) < 4.78 is 0. The van der Waals surface area contributed by atoms with Crippen molar-refractivity contribution in [3.63, 3.8) is 0 Å². The SMILES string of the molecule is CC1(C)c2ccccc2-c2ccc(-c3ccc(N(c4ccc(-c5ccccc5)cc4)c4cc5c(cc4-c4ccc6c(c4)C(C)(C)C(C)(C)C6(C)C)-c4ccccc4C5(c4ccccc4)c4ccccc4)cc3)cc21. The molecule has 0 amide bonds. The maximum atomic E-state index is 2.57. The van der Waals surface area contributed by atoms with Gasteiger partial charge in [0, 0.05) is 22.4 Å². The number of nitrogens with zero attached hydrogens (tertiary/aromatic N) is 1. The smallest absolute Gasteiger partial charge is 0.0714 e. The lowest BCUT2D eigenvalue weighted by Gasteiger charge is -2.44. The van der Waals surface area contributed by atoms with Gasteiger partial charge in [-0.2, -0.15) is 0 Å². The molecule has 0 unspecified atom stereocenters. The van der Waals surface area contributed by atoms with Gasteiger partial charge in [-0.1, -0.05) is 250 Å². The van der Waals surface area contributed by atoms with Gasteiger partial charge in [0.15, 0.2) is 0 Å². The minimum absolute atomic E-state index is 0.0120. The lowest BCUT2D eigenvalue weighted by atomic mass is 9.59. The summed E-state index contributed by atoms with van der Waals surface area (Å²) in [5.74, 6) is 0. The molecule has 0 atom stereocenters. The second-order valence-corrected chi connectivity index (χ2v) is 23.3. The largest absolute Gasteiger partial charge is 0.310 e. The van der Waals surface area contributed by atoms with Gasteiger partial charge >= 0.3 is 0 Å². The van der Waals surface area contributed by atoms with E-state index in [1.54, 1.807) is 0 Å². The summed E-state index contributed by atoms with van der Waals surface area (Å²) in [6, 6.07) is 89.4. The van der Waals surface area contributed by atoms with Crippen LogP contribution in [-0.4, -0.2) is 0 Å². The molecule has 10 aromatic rings. The highest BCUT2D eigenvalue weighted by Crippen LogP contribution is 2.63. The van der Waals surface area contributed by atoms with E-state index < -0.39 is 5.41 Å². The molecule has 10 aromatic carbocycles. The van der Waals surface area contributed by atoms with E-state index >= 15 is 0 Å². The summed E-state index contributed by atoms with van der Waals surface area (Å²) in [7, 11) is 0. The van der Waals surface area contributed by atoms with Crippen molar-refractivity contribution in [1.82, 2.24) is 0 Å². The normalized spacial score (nSPS) is 16.4. The van der Waals surface area contributed by atoms with Crippen LogP contribution in [0.25, 0.3) is 55.6 Å². The standard InChI is InChI=1S/C73H63N/c1-69(2)62-30-20-18-28-57(62)59-42-36-51(44-65(59)69)50-34-40-56(41-35-50)74(55-38-32-49(33-39-55)48-22-12-9-13-23-48)68-47-66-61(46-60(68)52-37-43-64-67(45-52)71(5,6)72(7,8)70(64,3)4)58-29-19-21-31-63(58)73(66,53-24-14-10-15-25-53)54-26-16-11-17-27-54/h9-47H,1-8H3. The van der Waals surface area contributed by atoms with Gasteiger partial charge in [-0.05, 0) is 153 Å². The van der Waals surface area contributed by atoms with Crippen LogP contribution < -0.4 is 4.90 Å². The summed E-state index contributed by atoms with van der Waals surface area (Å²) in [6.07, 6.45) is 0. The molecular formula is C73H63N. The first-order valence-corrected chi connectivity index (χ1v) is 26.6. The third-order valence-corrected chi connectivity index (χ3v) is 18.9. The monoisotopic (exact) mass is 953 g/mol. The van der Waals surface area contributed by atoms with Crippen molar-refractivity contribution in [3.8, 4) is 55.6 Å². The molecule has 3 aliphatic carbocycles. The molecular weight excluding hydrogens is 891 g/mol. The van der Waals surface area contributed by atoms with Gasteiger partial charge in [0.05, 0.1) is 11.1 Å². The van der Waals surface area contributed by atoms with Crippen molar-refractivity contribution in [1.29, 1.82) is 0 Å². The highest BCUT2D eigenvalue weighted by atomic mass is 15.1. The Morgan fingerprint density at radius 3 is 1.32 bits per heavy atom. The Morgan fingerprint density at radius 2 is 0.716 bits per heavy atom. The van der Waals surface area contributed by atoms with Crippen LogP contribution in [0.5, 0.6) is 0 Å². The van der Waals surface area contributed by atoms with Crippen LogP contribution in [0.4, 0.5) is 17.1 Å². The molecule has 0 saturated carbocycles. The summed E-state index contributed by atoms with van der Waals surface area (Å²) in [5, 5.41) is 0. The fourth-order valence-electron chi connectivity index (χ4n) is 13.7. The zero-order chi connectivity index (χ0) is 50.8. The fraction of sp³-hybridized carbons (Fsp3) is 0.178. The van der Waals surface area contributed by atoms with Crippen LogP contribution >= 0.6 is 0 Å². The molecule has 360 valence electrons. The predicted molar refractivity (Wildman–Crippen MR) is 312 cm³/mol. The highest BCUT2D eigenvalue weighted by Gasteiger charge is 2.57. The average molecular weight is 954 g/mol. The summed E-state index contributed by atoms with van der Waals surface area (Å²) >= 11 is 0. The van der Waals surface area contributed by atoms with Crippen molar-refractivity contribution >= 4 is 17.1 Å². The van der Waals surface area contributed by atoms with Crippen molar-refractivity contribution in [2.24, 2.45) is 5.41 Å². The van der Waals surface area contributed by atoms with E-state index in [0.717, 1.165) is 17.1 Å². The van der Waals surface area contributed by atoms with Crippen molar-refractivity contribution in [2.75, 3.05) is 4.90 Å². The molecule has 0 N–H and O–H groups in total. The van der Waals surface area contributed by atoms with Crippen LogP contribution in [0.2, 0.25) is 0 Å². The van der Waals surface area contributed by atoms with Gasteiger partial charge < -0.3 is 4.90 Å². The van der Waals surface area contributed by atoms with E-state index in [-0.39, 0.29) is 21.7 Å². The maximum absolute atomic E-state index is 2.57. The molecule has 0 spiro atoms. The average Bonchev–Trinajstić information content (AvgIpc) is 3.92. The van der Waals surface area contributed by atoms with E-state index in [4.69, 9.17) is 0 Å². The number of rotatable bonds is 8. The van der Waals surface area contributed by atoms with Gasteiger partial charge in [0.25, 0.3) is 0 Å². The highest BCUT2D eigenvalue weighted by molar-refractivity contribution is 5.97. The fourth-order valence-corrected chi connectivity index (χ4v) is 13.7. The Hall–Kier alpha value is -8.00. The van der Waals surface area contributed by atoms with Crippen LogP contribution in [0.15, 0.2) is 237 Å². The molecule has 74 heavy (non-hydrogen) atoms. The molecule has 1 heteroatoms. The molecule has 0 fully saturated rings. The zero-order valence-corrected chi connectivity index (χ0v) is 44.0. The Balaban J connectivity index is 1.07. The Bertz CT molecular complexity index is 3760. The van der Waals surface area contributed by atoms with E-state index in [1.807, 2.05) is 0 Å². The number of hydrogen-bond acceptors (Lipinski definition) is 1. The summed E-state index contributed by atoms with van der Waals surface area (Å²) in [6.45, 7) is 19.5.